The van der Waals surface area contributed by atoms with Crippen molar-refractivity contribution in [3.05, 3.63) is 41.2 Å². The number of hydrogen-bond donors (Lipinski definition) is 1. The molecule has 0 aliphatic rings. The average molecular weight is 216 g/mol. The summed E-state index contributed by atoms with van der Waals surface area (Å²) < 4.78 is 5.28. The molecule has 1 heterocycles. The van der Waals surface area contributed by atoms with E-state index in [2.05, 4.69) is 0 Å². The number of aldehydes is 1. The van der Waals surface area contributed by atoms with Crippen LogP contribution in [0.2, 0.25) is 0 Å². The molecule has 3 nitrogen and oxygen atoms in total. The largest absolute Gasteiger partial charge is 0.507 e. The van der Waals surface area contributed by atoms with Gasteiger partial charge in [-0.1, -0.05) is 6.07 Å². The topological polar surface area (TPSA) is 50.4 Å². The van der Waals surface area contributed by atoms with Gasteiger partial charge in [0.25, 0.3) is 0 Å². The monoisotopic (exact) mass is 216 g/mol. The van der Waals surface area contributed by atoms with Crippen LogP contribution in [0.4, 0.5) is 0 Å². The molecule has 16 heavy (non-hydrogen) atoms. The van der Waals surface area contributed by atoms with E-state index in [9.17, 15) is 9.90 Å². The van der Waals surface area contributed by atoms with E-state index in [1.807, 2.05) is 26.0 Å². The lowest BCUT2D eigenvalue weighted by atomic mass is 10.0. The molecule has 0 aliphatic carbocycles. The molecule has 0 fully saturated rings. The number of carbonyl (C=O) groups excluding carboxylic acids is 1. The molecule has 0 saturated carbocycles. The van der Waals surface area contributed by atoms with Crippen molar-refractivity contribution in [1.82, 2.24) is 0 Å². The number of benzene rings is 1. The number of aryl methyl sites for hydroxylation is 2. The predicted molar refractivity (Wildman–Crippen MR) is 60.7 cm³/mol. The molecule has 0 unspecified atom stereocenters. The Bertz CT molecular complexity index is 538. The predicted octanol–water partition coefficient (Wildman–Crippen LogP) is 3.08. The number of carbonyl (C=O) groups is 1. The minimum absolute atomic E-state index is 0.192. The van der Waals surface area contributed by atoms with E-state index in [4.69, 9.17) is 4.42 Å². The van der Waals surface area contributed by atoms with E-state index < -0.39 is 0 Å². The number of phenolic OH excluding ortho intramolecular Hbond substituents is 1. The third-order valence-corrected chi connectivity index (χ3v) is 2.45. The Hall–Kier alpha value is -2.03. The van der Waals surface area contributed by atoms with Crippen molar-refractivity contribution in [3.8, 4) is 17.1 Å². The molecule has 0 saturated heterocycles. The Morgan fingerprint density at radius 2 is 2.00 bits per heavy atom. The fourth-order valence-corrected chi connectivity index (χ4v) is 1.71. The van der Waals surface area contributed by atoms with Crippen LogP contribution in [-0.4, -0.2) is 11.4 Å². The summed E-state index contributed by atoms with van der Waals surface area (Å²) in [5.41, 5.74) is 2.44. The SMILES string of the molecule is Cc1cc(C)c(O)c(-c2ccc(C=O)o2)c1. The van der Waals surface area contributed by atoms with E-state index in [1.165, 1.54) is 0 Å². The molecule has 2 aromatic rings. The molecule has 3 heteroatoms. The Kier molecular flexibility index (Phi) is 2.52. The smallest absolute Gasteiger partial charge is 0.185 e. The second-order valence-corrected chi connectivity index (χ2v) is 3.80. The van der Waals surface area contributed by atoms with E-state index in [1.54, 1.807) is 12.1 Å². The molecular weight excluding hydrogens is 204 g/mol. The highest BCUT2D eigenvalue weighted by Crippen LogP contribution is 2.33. The average Bonchev–Trinajstić information content (AvgIpc) is 2.71. The molecular formula is C13H12O3. The van der Waals surface area contributed by atoms with E-state index in [0.717, 1.165) is 11.1 Å². The summed E-state index contributed by atoms with van der Waals surface area (Å²) in [6.07, 6.45) is 0.642. The molecule has 0 atom stereocenters. The second-order valence-electron chi connectivity index (χ2n) is 3.80. The molecule has 0 radical (unpaired) electrons. The first kappa shape index (κ1) is 10.5. The fraction of sp³-hybridized carbons (Fsp3) is 0.154. The normalized spacial score (nSPS) is 10.4. The zero-order valence-corrected chi connectivity index (χ0v) is 9.15. The van der Waals surface area contributed by atoms with Crippen molar-refractivity contribution < 1.29 is 14.3 Å². The van der Waals surface area contributed by atoms with Crippen molar-refractivity contribution in [1.29, 1.82) is 0 Å². The summed E-state index contributed by atoms with van der Waals surface area (Å²) in [4.78, 5) is 10.5. The third kappa shape index (κ3) is 1.72. The van der Waals surface area contributed by atoms with E-state index >= 15 is 0 Å². The molecule has 1 aromatic carbocycles. The number of hydrogen-bond acceptors (Lipinski definition) is 3. The number of rotatable bonds is 2. The summed E-state index contributed by atoms with van der Waals surface area (Å²) in [5, 5.41) is 9.91. The van der Waals surface area contributed by atoms with Gasteiger partial charge in [-0.3, -0.25) is 4.79 Å². The van der Waals surface area contributed by atoms with Gasteiger partial charge in [0.1, 0.15) is 11.5 Å². The Labute approximate surface area is 93.3 Å². The maximum atomic E-state index is 10.5. The first-order valence-electron chi connectivity index (χ1n) is 4.97. The first-order valence-corrected chi connectivity index (χ1v) is 4.97. The van der Waals surface area contributed by atoms with Gasteiger partial charge < -0.3 is 9.52 Å². The second kappa shape index (κ2) is 3.85. The summed E-state index contributed by atoms with van der Waals surface area (Å²) in [6.45, 7) is 3.77. The highest BCUT2D eigenvalue weighted by atomic mass is 16.3. The van der Waals surface area contributed by atoms with E-state index in [0.29, 0.717) is 17.6 Å². The van der Waals surface area contributed by atoms with Gasteiger partial charge in [0.2, 0.25) is 0 Å². The van der Waals surface area contributed by atoms with Crippen LogP contribution in [0.25, 0.3) is 11.3 Å². The molecule has 0 amide bonds. The Balaban J connectivity index is 2.58. The van der Waals surface area contributed by atoms with Gasteiger partial charge in [0, 0.05) is 0 Å². The minimum Gasteiger partial charge on any atom is -0.507 e. The zero-order valence-electron chi connectivity index (χ0n) is 9.15. The summed E-state index contributed by atoms with van der Waals surface area (Å²) in [6, 6.07) is 6.98. The standard InChI is InChI=1S/C13H12O3/c1-8-5-9(2)13(15)11(6-8)12-4-3-10(7-14)16-12/h3-7,15H,1-2H3. The number of furan rings is 1. The van der Waals surface area contributed by atoms with E-state index in [-0.39, 0.29) is 11.5 Å². The van der Waals surface area contributed by atoms with Crippen molar-refractivity contribution >= 4 is 6.29 Å². The lowest BCUT2D eigenvalue weighted by Gasteiger charge is -2.06. The van der Waals surface area contributed by atoms with Gasteiger partial charge in [-0.25, -0.2) is 0 Å². The van der Waals surface area contributed by atoms with Gasteiger partial charge in [0.05, 0.1) is 5.56 Å². The fourth-order valence-electron chi connectivity index (χ4n) is 1.71. The van der Waals surface area contributed by atoms with Crippen LogP contribution in [0.3, 0.4) is 0 Å². The zero-order chi connectivity index (χ0) is 11.7. The molecule has 1 aromatic heterocycles. The molecule has 0 aliphatic heterocycles. The molecule has 0 bridgehead atoms. The maximum Gasteiger partial charge on any atom is 0.185 e. The van der Waals surface area contributed by atoms with Crippen LogP contribution < -0.4 is 0 Å². The molecule has 82 valence electrons. The van der Waals surface area contributed by atoms with Crippen LogP contribution in [0.1, 0.15) is 21.7 Å². The van der Waals surface area contributed by atoms with Crippen molar-refractivity contribution in [2.24, 2.45) is 0 Å². The molecule has 1 N–H and O–H groups in total. The first-order chi connectivity index (χ1) is 7.61. The highest BCUT2D eigenvalue weighted by molar-refractivity contribution is 5.75. The summed E-state index contributed by atoms with van der Waals surface area (Å²) in [7, 11) is 0. The van der Waals surface area contributed by atoms with Crippen LogP contribution in [0.15, 0.2) is 28.7 Å². The third-order valence-electron chi connectivity index (χ3n) is 2.45. The van der Waals surface area contributed by atoms with Crippen LogP contribution >= 0.6 is 0 Å². The van der Waals surface area contributed by atoms with Crippen molar-refractivity contribution in [2.75, 3.05) is 0 Å². The van der Waals surface area contributed by atoms with Crippen LogP contribution in [0, 0.1) is 13.8 Å². The van der Waals surface area contributed by atoms with Crippen molar-refractivity contribution in [2.45, 2.75) is 13.8 Å². The quantitative estimate of drug-likeness (QED) is 0.785. The van der Waals surface area contributed by atoms with Crippen LogP contribution in [-0.2, 0) is 0 Å². The minimum atomic E-state index is 0.192. The summed E-state index contributed by atoms with van der Waals surface area (Å²) in [5.74, 6) is 0.956. The molecule has 0 spiro atoms. The maximum absolute atomic E-state index is 10.5. The van der Waals surface area contributed by atoms with Gasteiger partial charge in [-0.05, 0) is 43.2 Å². The number of phenols is 1. The Morgan fingerprint density at radius 1 is 1.25 bits per heavy atom. The van der Waals surface area contributed by atoms with Gasteiger partial charge in [-0.15, -0.1) is 0 Å². The molecule has 2 rings (SSSR count). The highest BCUT2D eigenvalue weighted by Gasteiger charge is 2.11. The number of aromatic hydroxyl groups is 1. The lowest BCUT2D eigenvalue weighted by molar-refractivity contribution is 0.110. The summed E-state index contributed by atoms with van der Waals surface area (Å²) >= 11 is 0. The van der Waals surface area contributed by atoms with Crippen molar-refractivity contribution in [3.63, 3.8) is 0 Å². The van der Waals surface area contributed by atoms with Gasteiger partial charge in [0.15, 0.2) is 12.0 Å². The lowest BCUT2D eigenvalue weighted by Crippen LogP contribution is -1.83. The van der Waals surface area contributed by atoms with Crippen LogP contribution in [0.5, 0.6) is 5.75 Å². The van der Waals surface area contributed by atoms with Gasteiger partial charge >= 0.3 is 0 Å². The Morgan fingerprint density at radius 3 is 2.62 bits per heavy atom. The van der Waals surface area contributed by atoms with Gasteiger partial charge in [-0.2, -0.15) is 0 Å².